The zero-order valence-electron chi connectivity index (χ0n) is 10.9. The van der Waals surface area contributed by atoms with Gasteiger partial charge in [-0.25, -0.2) is 4.79 Å². The summed E-state index contributed by atoms with van der Waals surface area (Å²) in [7, 11) is 1.94. The Morgan fingerprint density at radius 2 is 1.89 bits per heavy atom. The van der Waals surface area contributed by atoms with Crippen molar-refractivity contribution in [1.82, 2.24) is 20.9 Å². The second-order valence-electron chi connectivity index (χ2n) is 5.19. The van der Waals surface area contributed by atoms with E-state index >= 15 is 0 Å². The van der Waals surface area contributed by atoms with Crippen LogP contribution in [0.15, 0.2) is 0 Å². The molecular weight excluding hydrogens is 232 g/mol. The van der Waals surface area contributed by atoms with Crippen molar-refractivity contribution in [2.45, 2.75) is 37.8 Å². The first-order chi connectivity index (χ1) is 8.65. The Balaban J connectivity index is 1.66. The van der Waals surface area contributed by atoms with Crippen molar-refractivity contribution < 1.29 is 9.59 Å². The molecule has 6 heteroatoms. The predicted octanol–water partition coefficient (Wildman–Crippen LogP) is -0.342. The van der Waals surface area contributed by atoms with Crippen LogP contribution in [0.5, 0.6) is 0 Å². The fraction of sp³-hybridized carbons (Fsp3) is 0.833. The fourth-order valence-corrected chi connectivity index (χ4v) is 2.22. The lowest BCUT2D eigenvalue weighted by atomic mass is 10.1. The molecule has 0 spiro atoms. The van der Waals surface area contributed by atoms with Crippen molar-refractivity contribution in [1.29, 1.82) is 0 Å². The molecule has 1 saturated heterocycles. The molecule has 3 amide bonds. The number of nitrogens with one attached hydrogen (secondary N) is 3. The summed E-state index contributed by atoms with van der Waals surface area (Å²) in [5, 5.41) is 8.41. The average Bonchev–Trinajstić information content (AvgIpc) is 3.13. The molecule has 0 atom stereocenters. The average molecular weight is 254 g/mol. The van der Waals surface area contributed by atoms with Crippen molar-refractivity contribution >= 4 is 11.9 Å². The summed E-state index contributed by atoms with van der Waals surface area (Å²) in [5.74, 6) is -0.228. The van der Waals surface area contributed by atoms with Crippen LogP contribution < -0.4 is 16.0 Å². The number of likely N-dealkylation sites (N-methyl/N-ethyl adjacent to an activating group) is 1. The molecule has 1 aliphatic carbocycles. The van der Waals surface area contributed by atoms with E-state index in [1.807, 2.05) is 11.9 Å². The first kappa shape index (κ1) is 13.3. The quantitative estimate of drug-likeness (QED) is 0.641. The van der Waals surface area contributed by atoms with Crippen LogP contribution in [0.3, 0.4) is 0 Å². The number of piperidine rings is 1. The number of urea groups is 1. The van der Waals surface area contributed by atoms with Gasteiger partial charge < -0.3 is 10.6 Å². The lowest BCUT2D eigenvalue weighted by Gasteiger charge is -2.30. The lowest BCUT2D eigenvalue weighted by Crippen LogP contribution is -2.48. The van der Waals surface area contributed by atoms with E-state index < -0.39 is 0 Å². The van der Waals surface area contributed by atoms with Crippen LogP contribution in [-0.4, -0.2) is 55.6 Å². The second-order valence-corrected chi connectivity index (χ2v) is 5.19. The van der Waals surface area contributed by atoms with Gasteiger partial charge in [0.1, 0.15) is 0 Å². The van der Waals surface area contributed by atoms with Crippen LogP contribution in [0.4, 0.5) is 4.79 Å². The van der Waals surface area contributed by atoms with Gasteiger partial charge in [0.25, 0.3) is 0 Å². The molecule has 1 heterocycles. The monoisotopic (exact) mass is 254 g/mol. The highest BCUT2D eigenvalue weighted by Gasteiger charge is 2.25. The summed E-state index contributed by atoms with van der Waals surface area (Å²) in [5.41, 5.74) is 0. The molecule has 3 N–H and O–H groups in total. The smallest absolute Gasteiger partial charge is 0.321 e. The molecule has 1 aliphatic heterocycles. The van der Waals surface area contributed by atoms with Gasteiger partial charge in [-0.1, -0.05) is 0 Å². The minimum Gasteiger partial charge on any atom is -0.335 e. The Morgan fingerprint density at radius 1 is 1.22 bits per heavy atom. The Labute approximate surface area is 107 Å². The second kappa shape index (κ2) is 6.15. The minimum atomic E-state index is -0.360. The Morgan fingerprint density at radius 3 is 2.50 bits per heavy atom. The van der Waals surface area contributed by atoms with Crippen LogP contribution in [0, 0.1) is 0 Å². The Kier molecular flexibility index (Phi) is 4.54. The van der Waals surface area contributed by atoms with E-state index in [1.54, 1.807) is 0 Å². The lowest BCUT2D eigenvalue weighted by molar-refractivity contribution is -0.121. The number of nitrogens with zero attached hydrogens (tertiary/aromatic N) is 1. The highest BCUT2D eigenvalue weighted by molar-refractivity contribution is 5.95. The van der Waals surface area contributed by atoms with Gasteiger partial charge in [-0.3, -0.25) is 15.0 Å². The van der Waals surface area contributed by atoms with Crippen LogP contribution in [0.25, 0.3) is 0 Å². The van der Waals surface area contributed by atoms with Crippen molar-refractivity contribution in [2.24, 2.45) is 0 Å². The van der Waals surface area contributed by atoms with Crippen LogP contribution >= 0.6 is 0 Å². The molecule has 0 unspecified atom stereocenters. The number of carbonyl (C=O) groups excluding carboxylic acids is 2. The minimum absolute atomic E-state index is 0.228. The maximum absolute atomic E-state index is 11.7. The predicted molar refractivity (Wildman–Crippen MR) is 68.2 cm³/mol. The summed E-state index contributed by atoms with van der Waals surface area (Å²) < 4.78 is 0. The van der Waals surface area contributed by atoms with Gasteiger partial charge in [0.2, 0.25) is 5.91 Å². The summed E-state index contributed by atoms with van der Waals surface area (Å²) in [6.45, 7) is 2.28. The van der Waals surface area contributed by atoms with Crippen LogP contribution in [0.2, 0.25) is 0 Å². The van der Waals surface area contributed by atoms with Crippen molar-refractivity contribution in [2.75, 3.05) is 26.7 Å². The molecule has 2 fully saturated rings. The SMILES string of the molecule is CN(CC(=O)NC(=O)NC1CC1)C1CCNCC1. The molecule has 0 radical (unpaired) electrons. The molecule has 0 aromatic heterocycles. The van der Waals surface area contributed by atoms with Crippen LogP contribution in [-0.2, 0) is 4.79 Å². The van der Waals surface area contributed by atoms with Crippen molar-refractivity contribution in [3.8, 4) is 0 Å². The summed E-state index contributed by atoms with van der Waals surface area (Å²) in [4.78, 5) is 25.1. The summed E-state index contributed by atoms with van der Waals surface area (Å²) in [6.07, 6.45) is 4.16. The van der Waals surface area contributed by atoms with E-state index in [1.165, 1.54) is 0 Å². The molecule has 18 heavy (non-hydrogen) atoms. The molecule has 0 bridgehead atoms. The molecular formula is C12H22N4O2. The van der Waals surface area contributed by atoms with Gasteiger partial charge in [-0.15, -0.1) is 0 Å². The molecule has 1 saturated carbocycles. The summed E-state index contributed by atoms with van der Waals surface area (Å²) in [6, 6.07) is 0.352. The third-order valence-electron chi connectivity index (χ3n) is 3.49. The van der Waals surface area contributed by atoms with E-state index in [-0.39, 0.29) is 24.5 Å². The molecule has 2 aliphatic rings. The third kappa shape index (κ3) is 4.27. The highest BCUT2D eigenvalue weighted by atomic mass is 16.2. The number of rotatable bonds is 4. The third-order valence-corrected chi connectivity index (χ3v) is 3.49. The first-order valence-electron chi connectivity index (χ1n) is 6.66. The molecule has 102 valence electrons. The van der Waals surface area contributed by atoms with Crippen molar-refractivity contribution in [3.05, 3.63) is 0 Å². The number of hydrogen-bond acceptors (Lipinski definition) is 4. The number of imide groups is 1. The number of carbonyl (C=O) groups is 2. The van der Waals surface area contributed by atoms with Gasteiger partial charge in [0.15, 0.2) is 0 Å². The van der Waals surface area contributed by atoms with Gasteiger partial charge in [-0.2, -0.15) is 0 Å². The fourth-order valence-electron chi connectivity index (χ4n) is 2.22. The molecule has 6 nitrogen and oxygen atoms in total. The zero-order chi connectivity index (χ0) is 13.0. The molecule has 2 rings (SSSR count). The van der Waals surface area contributed by atoms with Gasteiger partial charge in [-0.05, 0) is 45.8 Å². The van der Waals surface area contributed by atoms with E-state index in [0.717, 1.165) is 38.8 Å². The zero-order valence-corrected chi connectivity index (χ0v) is 10.9. The Hall–Kier alpha value is -1.14. The van der Waals surface area contributed by atoms with E-state index in [4.69, 9.17) is 0 Å². The van der Waals surface area contributed by atoms with Gasteiger partial charge >= 0.3 is 6.03 Å². The maximum Gasteiger partial charge on any atom is 0.321 e. The topological polar surface area (TPSA) is 73.5 Å². The Bertz CT molecular complexity index is 311. The van der Waals surface area contributed by atoms with E-state index in [2.05, 4.69) is 16.0 Å². The maximum atomic E-state index is 11.7. The molecule has 0 aromatic carbocycles. The van der Waals surface area contributed by atoms with Gasteiger partial charge in [0.05, 0.1) is 6.54 Å². The van der Waals surface area contributed by atoms with E-state index in [9.17, 15) is 9.59 Å². The normalized spacial score (nSPS) is 20.8. The van der Waals surface area contributed by atoms with E-state index in [0.29, 0.717) is 6.04 Å². The standard InChI is InChI=1S/C12H22N4O2/c1-16(10-4-6-13-7-5-10)8-11(17)15-12(18)14-9-2-3-9/h9-10,13H,2-8H2,1H3,(H2,14,15,17,18). The van der Waals surface area contributed by atoms with Crippen LogP contribution in [0.1, 0.15) is 25.7 Å². The number of hydrogen-bond donors (Lipinski definition) is 3. The highest BCUT2D eigenvalue weighted by Crippen LogP contribution is 2.18. The largest absolute Gasteiger partial charge is 0.335 e. The summed E-state index contributed by atoms with van der Waals surface area (Å²) >= 11 is 0. The number of amides is 3. The molecule has 0 aromatic rings. The first-order valence-corrected chi connectivity index (χ1v) is 6.66. The van der Waals surface area contributed by atoms with Gasteiger partial charge in [0, 0.05) is 12.1 Å². The van der Waals surface area contributed by atoms with Crippen molar-refractivity contribution in [3.63, 3.8) is 0 Å².